The summed E-state index contributed by atoms with van der Waals surface area (Å²) in [4.78, 5) is 21.9. The number of rotatable bonds is 8. The number of fused-ring (bicyclic) bond motifs is 1. The number of nitrogens with zero attached hydrogens (tertiary/aromatic N) is 4. The minimum Gasteiger partial charge on any atom is -0.383 e. The van der Waals surface area contributed by atoms with Crippen molar-refractivity contribution in [2.24, 2.45) is 0 Å². The van der Waals surface area contributed by atoms with Gasteiger partial charge >= 0.3 is 0 Å². The lowest BCUT2D eigenvalue weighted by molar-refractivity contribution is -0.130. The summed E-state index contributed by atoms with van der Waals surface area (Å²) in [7, 11) is 1.70. The van der Waals surface area contributed by atoms with E-state index in [1.165, 1.54) is 17.3 Å². The number of aromatic nitrogens is 2. The van der Waals surface area contributed by atoms with Gasteiger partial charge in [-0.05, 0) is 17.7 Å². The van der Waals surface area contributed by atoms with Crippen molar-refractivity contribution in [3.05, 3.63) is 60.2 Å². The summed E-state index contributed by atoms with van der Waals surface area (Å²) in [6.07, 6.45) is 0. The standard InChI is InChI=1S/C23H28N4O2S/c1-29-16-15-27-21-10-6-5-9-20(21)24-23(27)30-18-22(28)26-13-11-25(12-14-26)17-19-7-3-2-4-8-19/h2-10H,11-18H2,1H3. The zero-order valence-electron chi connectivity index (χ0n) is 17.4. The Balaban J connectivity index is 1.32. The second-order valence-corrected chi connectivity index (χ2v) is 8.40. The highest BCUT2D eigenvalue weighted by atomic mass is 32.2. The Hall–Kier alpha value is -2.35. The van der Waals surface area contributed by atoms with Crippen LogP contribution in [0.1, 0.15) is 5.56 Å². The highest BCUT2D eigenvalue weighted by Gasteiger charge is 2.22. The Labute approximate surface area is 181 Å². The average molecular weight is 425 g/mol. The third-order valence-electron chi connectivity index (χ3n) is 5.44. The van der Waals surface area contributed by atoms with Crippen LogP contribution in [0.15, 0.2) is 59.8 Å². The van der Waals surface area contributed by atoms with E-state index >= 15 is 0 Å². The smallest absolute Gasteiger partial charge is 0.233 e. The molecule has 0 N–H and O–H groups in total. The van der Waals surface area contributed by atoms with Crippen LogP contribution >= 0.6 is 11.8 Å². The molecule has 1 saturated heterocycles. The van der Waals surface area contributed by atoms with Gasteiger partial charge in [-0.3, -0.25) is 9.69 Å². The number of piperazine rings is 1. The van der Waals surface area contributed by atoms with E-state index in [4.69, 9.17) is 9.72 Å². The maximum atomic E-state index is 12.8. The number of ether oxygens (including phenoxy) is 1. The lowest BCUT2D eigenvalue weighted by Gasteiger charge is -2.34. The minimum atomic E-state index is 0.185. The summed E-state index contributed by atoms with van der Waals surface area (Å²) in [5.41, 5.74) is 3.36. The predicted molar refractivity (Wildman–Crippen MR) is 121 cm³/mol. The number of hydrogen-bond donors (Lipinski definition) is 0. The molecule has 1 fully saturated rings. The summed E-state index contributed by atoms with van der Waals surface area (Å²) in [6.45, 7) is 5.69. The SMILES string of the molecule is COCCn1c(SCC(=O)N2CCN(Cc3ccccc3)CC2)nc2ccccc21. The third kappa shape index (κ3) is 5.03. The minimum absolute atomic E-state index is 0.185. The fourth-order valence-electron chi connectivity index (χ4n) is 3.78. The third-order valence-corrected chi connectivity index (χ3v) is 6.40. The number of amides is 1. The van der Waals surface area contributed by atoms with Crippen molar-refractivity contribution in [3.8, 4) is 0 Å². The number of hydrogen-bond acceptors (Lipinski definition) is 5. The number of benzene rings is 2. The molecule has 1 aromatic heterocycles. The highest BCUT2D eigenvalue weighted by Crippen LogP contribution is 2.24. The van der Waals surface area contributed by atoms with E-state index in [9.17, 15) is 4.79 Å². The maximum Gasteiger partial charge on any atom is 0.233 e. The Bertz CT molecular complexity index is 968. The van der Waals surface area contributed by atoms with Crippen molar-refractivity contribution < 1.29 is 9.53 Å². The lowest BCUT2D eigenvalue weighted by atomic mass is 10.2. The number of methoxy groups -OCH3 is 1. The molecule has 3 aromatic rings. The molecule has 0 spiro atoms. The van der Waals surface area contributed by atoms with Crippen molar-refractivity contribution in [1.82, 2.24) is 19.4 Å². The first-order valence-electron chi connectivity index (χ1n) is 10.4. The van der Waals surface area contributed by atoms with Gasteiger partial charge in [0.15, 0.2) is 5.16 Å². The van der Waals surface area contributed by atoms with Crippen LogP contribution in [0, 0.1) is 0 Å². The van der Waals surface area contributed by atoms with Crippen LogP contribution in [0.4, 0.5) is 0 Å². The molecule has 30 heavy (non-hydrogen) atoms. The van der Waals surface area contributed by atoms with E-state index in [1.54, 1.807) is 7.11 Å². The molecule has 0 radical (unpaired) electrons. The number of carbonyl (C=O) groups excluding carboxylic acids is 1. The summed E-state index contributed by atoms with van der Waals surface area (Å²) < 4.78 is 7.40. The molecule has 0 saturated carbocycles. The Morgan fingerprint density at radius 3 is 2.53 bits per heavy atom. The van der Waals surface area contributed by atoms with E-state index in [1.807, 2.05) is 29.2 Å². The number of thioether (sulfide) groups is 1. The van der Waals surface area contributed by atoms with Crippen LogP contribution in [0.2, 0.25) is 0 Å². The monoisotopic (exact) mass is 424 g/mol. The van der Waals surface area contributed by atoms with Gasteiger partial charge in [0.05, 0.1) is 23.4 Å². The first-order valence-corrected chi connectivity index (χ1v) is 11.3. The van der Waals surface area contributed by atoms with Crippen LogP contribution in [0.25, 0.3) is 11.0 Å². The highest BCUT2D eigenvalue weighted by molar-refractivity contribution is 7.99. The molecular formula is C23H28N4O2S. The second kappa shape index (κ2) is 10.1. The van der Waals surface area contributed by atoms with E-state index in [0.717, 1.165) is 55.5 Å². The first kappa shape index (κ1) is 20.9. The molecule has 0 aliphatic carbocycles. The van der Waals surface area contributed by atoms with Gasteiger partial charge in [-0.15, -0.1) is 0 Å². The number of carbonyl (C=O) groups is 1. The fourth-order valence-corrected chi connectivity index (χ4v) is 4.72. The zero-order chi connectivity index (χ0) is 20.8. The van der Waals surface area contributed by atoms with Crippen molar-refractivity contribution in [3.63, 3.8) is 0 Å². The van der Waals surface area contributed by atoms with Gasteiger partial charge in [0, 0.05) is 46.4 Å². The predicted octanol–water partition coefficient (Wildman–Crippen LogP) is 3.12. The van der Waals surface area contributed by atoms with Crippen LogP contribution in [0.5, 0.6) is 0 Å². The zero-order valence-corrected chi connectivity index (χ0v) is 18.2. The topological polar surface area (TPSA) is 50.6 Å². The van der Waals surface area contributed by atoms with Crippen molar-refractivity contribution in [2.45, 2.75) is 18.2 Å². The van der Waals surface area contributed by atoms with Crippen LogP contribution in [-0.4, -0.2) is 70.9 Å². The quantitative estimate of drug-likeness (QED) is 0.520. The van der Waals surface area contributed by atoms with Crippen LogP contribution in [-0.2, 0) is 22.6 Å². The number of imidazole rings is 1. The maximum absolute atomic E-state index is 12.8. The van der Waals surface area contributed by atoms with Gasteiger partial charge in [0.1, 0.15) is 0 Å². The Kier molecular flexibility index (Phi) is 7.04. The summed E-state index contributed by atoms with van der Waals surface area (Å²) in [5, 5.41) is 0.879. The molecule has 2 aromatic carbocycles. The summed E-state index contributed by atoms with van der Waals surface area (Å²) >= 11 is 1.52. The molecule has 0 atom stereocenters. The molecule has 1 aliphatic rings. The van der Waals surface area contributed by atoms with Crippen molar-refractivity contribution in [1.29, 1.82) is 0 Å². The summed E-state index contributed by atoms with van der Waals surface area (Å²) in [6, 6.07) is 18.6. The fraction of sp³-hybridized carbons (Fsp3) is 0.391. The van der Waals surface area contributed by atoms with Gasteiger partial charge in [-0.2, -0.15) is 0 Å². The second-order valence-electron chi connectivity index (χ2n) is 7.46. The molecule has 0 unspecified atom stereocenters. The van der Waals surface area contributed by atoms with Crippen molar-refractivity contribution in [2.75, 3.05) is 45.6 Å². The molecule has 158 valence electrons. The molecule has 1 amide bonds. The van der Waals surface area contributed by atoms with Gasteiger partial charge in [-0.1, -0.05) is 54.2 Å². The van der Waals surface area contributed by atoms with E-state index in [-0.39, 0.29) is 5.91 Å². The first-order chi connectivity index (χ1) is 14.7. The largest absolute Gasteiger partial charge is 0.383 e. The van der Waals surface area contributed by atoms with Gasteiger partial charge in [0.2, 0.25) is 5.91 Å². The van der Waals surface area contributed by atoms with Gasteiger partial charge in [-0.25, -0.2) is 4.98 Å². The summed E-state index contributed by atoms with van der Waals surface area (Å²) in [5.74, 6) is 0.597. The molecule has 0 bridgehead atoms. The van der Waals surface area contributed by atoms with Crippen LogP contribution in [0.3, 0.4) is 0 Å². The molecular weight excluding hydrogens is 396 g/mol. The molecule has 1 aliphatic heterocycles. The normalized spacial score (nSPS) is 15.0. The Morgan fingerprint density at radius 2 is 1.77 bits per heavy atom. The van der Waals surface area contributed by atoms with Crippen LogP contribution < -0.4 is 0 Å². The molecule has 2 heterocycles. The molecule has 6 nitrogen and oxygen atoms in total. The number of para-hydroxylation sites is 2. The molecule has 7 heteroatoms. The van der Waals surface area contributed by atoms with Gasteiger partial charge in [0.25, 0.3) is 0 Å². The van der Waals surface area contributed by atoms with E-state index in [0.29, 0.717) is 12.4 Å². The molecule has 4 rings (SSSR count). The lowest BCUT2D eigenvalue weighted by Crippen LogP contribution is -2.48. The van der Waals surface area contributed by atoms with Gasteiger partial charge < -0.3 is 14.2 Å². The van der Waals surface area contributed by atoms with E-state index in [2.05, 4.69) is 39.8 Å². The Morgan fingerprint density at radius 1 is 1.03 bits per heavy atom. The van der Waals surface area contributed by atoms with Crippen molar-refractivity contribution >= 4 is 28.7 Å². The average Bonchev–Trinajstić information content (AvgIpc) is 3.14. The van der Waals surface area contributed by atoms with E-state index < -0.39 is 0 Å².